The standard InChI is InChI=1S/C34H35F3N6O5/c1-43-41-31(40-42-43)28-20-26(15-16-29(28)48-34(35,36)37)39-33(47)27(24-13-11-23(12-14-24)22-5-3-2-4-6-22)19-21-7-9-25(10-8-21)32(46)38-18-17-30(44)45/h7-16,20,22,27H,2-6,17-19H2,1H3,(H,38,46)(H,39,47)(H,44,45). The van der Waals surface area contributed by atoms with E-state index in [2.05, 4.69) is 42.9 Å². The highest BCUT2D eigenvalue weighted by Crippen LogP contribution is 2.36. The monoisotopic (exact) mass is 664 g/mol. The number of carboxylic acid groups (broad SMARTS) is 1. The van der Waals surface area contributed by atoms with Crippen LogP contribution in [0, 0.1) is 0 Å². The van der Waals surface area contributed by atoms with Gasteiger partial charge in [0.25, 0.3) is 5.91 Å². The third-order valence-electron chi connectivity index (χ3n) is 8.23. The first-order valence-corrected chi connectivity index (χ1v) is 15.6. The number of tetrazole rings is 1. The average molecular weight is 665 g/mol. The molecule has 2 amide bonds. The minimum Gasteiger partial charge on any atom is -0.481 e. The third kappa shape index (κ3) is 9.17. The van der Waals surface area contributed by atoms with Crippen molar-refractivity contribution >= 4 is 23.5 Å². The van der Waals surface area contributed by atoms with Gasteiger partial charge >= 0.3 is 12.3 Å². The Kier molecular flexibility index (Phi) is 10.7. The van der Waals surface area contributed by atoms with Gasteiger partial charge in [0.05, 0.1) is 24.9 Å². The molecule has 0 aliphatic heterocycles. The summed E-state index contributed by atoms with van der Waals surface area (Å²) >= 11 is 0. The van der Waals surface area contributed by atoms with E-state index in [-0.39, 0.29) is 36.5 Å². The number of carbonyl (C=O) groups is 3. The Morgan fingerprint density at radius 3 is 2.33 bits per heavy atom. The van der Waals surface area contributed by atoms with Gasteiger partial charge in [-0.25, -0.2) is 0 Å². The van der Waals surface area contributed by atoms with Gasteiger partial charge in [-0.1, -0.05) is 55.7 Å². The summed E-state index contributed by atoms with van der Waals surface area (Å²) in [5.74, 6) is -2.73. The molecule has 1 aliphatic rings. The second-order valence-corrected chi connectivity index (χ2v) is 11.7. The summed E-state index contributed by atoms with van der Waals surface area (Å²) in [4.78, 5) is 38.2. The van der Waals surface area contributed by atoms with Crippen LogP contribution in [0.2, 0.25) is 0 Å². The predicted molar refractivity (Wildman–Crippen MR) is 169 cm³/mol. The van der Waals surface area contributed by atoms with Crippen molar-refractivity contribution < 1.29 is 37.4 Å². The van der Waals surface area contributed by atoms with Crippen LogP contribution in [-0.2, 0) is 23.1 Å². The minimum absolute atomic E-state index is 0.00699. The van der Waals surface area contributed by atoms with Crippen molar-refractivity contribution in [3.8, 4) is 17.1 Å². The topological polar surface area (TPSA) is 148 Å². The second kappa shape index (κ2) is 15.1. The quantitative estimate of drug-likeness (QED) is 0.167. The maximum atomic E-state index is 13.9. The number of carboxylic acids is 1. The Hall–Kier alpha value is -5.27. The summed E-state index contributed by atoms with van der Waals surface area (Å²) in [7, 11) is 1.47. The fourth-order valence-corrected chi connectivity index (χ4v) is 5.83. The van der Waals surface area contributed by atoms with Gasteiger partial charge in [-0.05, 0) is 77.4 Å². The lowest BCUT2D eigenvalue weighted by Crippen LogP contribution is -2.26. The van der Waals surface area contributed by atoms with Crippen molar-refractivity contribution in [2.24, 2.45) is 7.05 Å². The number of nitrogens with one attached hydrogen (secondary N) is 2. The highest BCUT2D eigenvalue weighted by molar-refractivity contribution is 5.97. The van der Waals surface area contributed by atoms with Crippen molar-refractivity contribution in [2.45, 2.75) is 63.1 Å². The van der Waals surface area contributed by atoms with E-state index in [1.807, 2.05) is 12.1 Å². The van der Waals surface area contributed by atoms with E-state index in [4.69, 9.17) is 5.11 Å². The van der Waals surface area contributed by atoms with Crippen molar-refractivity contribution in [1.29, 1.82) is 0 Å². The Labute approximate surface area is 274 Å². The molecule has 1 aromatic heterocycles. The molecule has 4 aromatic rings. The molecule has 252 valence electrons. The van der Waals surface area contributed by atoms with Crippen LogP contribution in [0.5, 0.6) is 5.75 Å². The summed E-state index contributed by atoms with van der Waals surface area (Å²) in [6, 6.07) is 18.3. The highest BCUT2D eigenvalue weighted by Gasteiger charge is 2.33. The van der Waals surface area contributed by atoms with E-state index in [0.717, 1.165) is 34.8 Å². The van der Waals surface area contributed by atoms with Gasteiger partial charge in [0, 0.05) is 17.8 Å². The number of amides is 2. The molecule has 1 aliphatic carbocycles. The molecular weight excluding hydrogens is 629 g/mol. The highest BCUT2D eigenvalue weighted by atomic mass is 19.4. The number of ether oxygens (including phenoxy) is 1. The lowest BCUT2D eigenvalue weighted by atomic mass is 9.83. The number of carbonyl (C=O) groups excluding carboxylic acids is 2. The van der Waals surface area contributed by atoms with Gasteiger partial charge in [0.1, 0.15) is 5.75 Å². The summed E-state index contributed by atoms with van der Waals surface area (Å²) < 4.78 is 43.7. The van der Waals surface area contributed by atoms with Crippen LogP contribution in [0.4, 0.5) is 18.9 Å². The fraction of sp³-hybridized carbons (Fsp3) is 0.353. The molecule has 3 aromatic carbocycles. The van der Waals surface area contributed by atoms with E-state index >= 15 is 0 Å². The average Bonchev–Trinajstić information content (AvgIpc) is 3.50. The zero-order valence-corrected chi connectivity index (χ0v) is 26.2. The number of hydrogen-bond acceptors (Lipinski definition) is 7. The number of halogens is 3. The number of aryl methyl sites for hydroxylation is 1. The van der Waals surface area contributed by atoms with Crippen LogP contribution in [0.3, 0.4) is 0 Å². The molecule has 5 rings (SSSR count). The maximum absolute atomic E-state index is 13.9. The van der Waals surface area contributed by atoms with Crippen molar-refractivity contribution in [3.63, 3.8) is 0 Å². The van der Waals surface area contributed by atoms with E-state index in [9.17, 15) is 27.6 Å². The third-order valence-corrected chi connectivity index (χ3v) is 8.23. The van der Waals surface area contributed by atoms with Gasteiger partial charge < -0.3 is 20.5 Å². The molecule has 1 heterocycles. The van der Waals surface area contributed by atoms with E-state index < -0.39 is 35.8 Å². The molecule has 3 N–H and O–H groups in total. The summed E-state index contributed by atoms with van der Waals surface area (Å²) in [6.07, 6.45) is 0.933. The molecule has 1 saturated carbocycles. The fourth-order valence-electron chi connectivity index (χ4n) is 5.83. The van der Waals surface area contributed by atoms with E-state index in [1.165, 1.54) is 44.0 Å². The molecule has 1 fully saturated rings. The molecule has 48 heavy (non-hydrogen) atoms. The van der Waals surface area contributed by atoms with E-state index in [1.54, 1.807) is 24.3 Å². The number of anilines is 1. The smallest absolute Gasteiger partial charge is 0.481 e. The first kappa shape index (κ1) is 34.1. The molecular formula is C34H35F3N6O5. The molecule has 1 unspecified atom stereocenters. The van der Waals surface area contributed by atoms with Gasteiger partial charge in [-0.2, -0.15) is 4.80 Å². The molecule has 0 radical (unpaired) electrons. The zero-order chi connectivity index (χ0) is 34.3. The summed E-state index contributed by atoms with van der Waals surface area (Å²) in [5.41, 5.74) is 3.16. The Bertz CT molecular complexity index is 1740. The van der Waals surface area contributed by atoms with Crippen molar-refractivity contribution in [3.05, 3.63) is 89.0 Å². The maximum Gasteiger partial charge on any atom is 0.573 e. The Morgan fingerprint density at radius 2 is 1.71 bits per heavy atom. The lowest BCUT2D eigenvalue weighted by molar-refractivity contribution is -0.274. The van der Waals surface area contributed by atoms with E-state index in [0.29, 0.717) is 11.5 Å². The zero-order valence-electron chi connectivity index (χ0n) is 26.2. The summed E-state index contributed by atoms with van der Waals surface area (Å²) in [5, 5.41) is 25.7. The van der Waals surface area contributed by atoms with Crippen LogP contribution in [0.1, 0.15) is 77.4 Å². The number of nitrogens with zero attached hydrogens (tertiary/aromatic N) is 4. The summed E-state index contributed by atoms with van der Waals surface area (Å²) in [6.45, 7) is -0.00699. The van der Waals surface area contributed by atoms with Crippen LogP contribution in [-0.4, -0.2) is 56.0 Å². The number of aromatic nitrogens is 4. The van der Waals surface area contributed by atoms with Gasteiger partial charge in [0.2, 0.25) is 11.7 Å². The number of hydrogen-bond donors (Lipinski definition) is 3. The molecule has 1 atom stereocenters. The van der Waals surface area contributed by atoms with Crippen LogP contribution < -0.4 is 15.4 Å². The molecule has 14 heteroatoms. The number of alkyl halides is 3. The molecule has 11 nitrogen and oxygen atoms in total. The SMILES string of the molecule is Cn1nnc(-c2cc(NC(=O)C(Cc3ccc(C(=O)NCCC(=O)O)cc3)c3ccc(C4CCCCC4)cc3)ccc2OC(F)(F)F)n1. The second-order valence-electron chi connectivity index (χ2n) is 11.7. The van der Waals surface area contributed by atoms with Crippen LogP contribution in [0.15, 0.2) is 66.7 Å². The van der Waals surface area contributed by atoms with Crippen LogP contribution in [0.25, 0.3) is 11.4 Å². The van der Waals surface area contributed by atoms with Gasteiger partial charge in [-0.3, -0.25) is 14.4 Å². The van der Waals surface area contributed by atoms with Crippen molar-refractivity contribution in [1.82, 2.24) is 25.5 Å². The molecule has 0 spiro atoms. The minimum atomic E-state index is -4.97. The lowest BCUT2D eigenvalue weighted by Gasteiger charge is -2.23. The normalized spacial score (nSPS) is 14.2. The predicted octanol–water partition coefficient (Wildman–Crippen LogP) is 5.99. The number of rotatable bonds is 12. The molecule has 0 saturated heterocycles. The number of aliphatic carboxylic acids is 1. The largest absolute Gasteiger partial charge is 0.573 e. The van der Waals surface area contributed by atoms with Gasteiger partial charge in [0.15, 0.2) is 0 Å². The molecule has 0 bridgehead atoms. The van der Waals surface area contributed by atoms with Crippen molar-refractivity contribution in [2.75, 3.05) is 11.9 Å². The number of benzene rings is 3. The first-order chi connectivity index (χ1) is 22.9. The Balaban J connectivity index is 1.40. The van der Waals surface area contributed by atoms with Crippen LogP contribution >= 0.6 is 0 Å². The van der Waals surface area contributed by atoms with Gasteiger partial charge in [-0.15, -0.1) is 23.4 Å². The first-order valence-electron chi connectivity index (χ1n) is 15.6. The Morgan fingerprint density at radius 1 is 1.00 bits per heavy atom.